The van der Waals surface area contributed by atoms with Crippen LogP contribution in [0.4, 0.5) is 11.5 Å². The fraction of sp³-hybridized carbons (Fsp3) is 0.625. The third-order valence-electron chi connectivity index (χ3n) is 1.70. The highest BCUT2D eigenvalue weighted by Gasteiger charge is 2.10. The number of rotatable bonds is 2. The van der Waals surface area contributed by atoms with Gasteiger partial charge in [0.2, 0.25) is 0 Å². The molecule has 0 aromatic carbocycles. The summed E-state index contributed by atoms with van der Waals surface area (Å²) < 4.78 is 1.82. The second-order valence-corrected chi connectivity index (χ2v) is 3.30. The second-order valence-electron chi connectivity index (χ2n) is 3.30. The Labute approximate surface area is 73.4 Å². The second kappa shape index (κ2) is 3.05. The summed E-state index contributed by atoms with van der Waals surface area (Å²) in [5.74, 6) is 1.00. The molecule has 0 amide bonds. The third-order valence-corrected chi connectivity index (χ3v) is 1.70. The van der Waals surface area contributed by atoms with Gasteiger partial charge in [-0.2, -0.15) is 5.10 Å². The van der Waals surface area contributed by atoms with Crippen LogP contribution in [0.2, 0.25) is 0 Å². The normalized spacial score (nSPS) is 10.1. The number of aryl methyl sites for hydroxylation is 1. The summed E-state index contributed by atoms with van der Waals surface area (Å²) in [6.45, 7) is 0. The van der Waals surface area contributed by atoms with Crippen molar-refractivity contribution in [3.05, 3.63) is 6.20 Å². The number of hydrogen-bond donors (Lipinski definition) is 0. The minimum absolute atomic E-state index is 1.00. The third kappa shape index (κ3) is 1.52. The highest BCUT2D eigenvalue weighted by molar-refractivity contribution is 5.65. The molecule has 0 unspecified atom stereocenters. The molecule has 4 heteroatoms. The van der Waals surface area contributed by atoms with Crippen molar-refractivity contribution >= 4 is 11.5 Å². The summed E-state index contributed by atoms with van der Waals surface area (Å²) >= 11 is 0. The lowest BCUT2D eigenvalue weighted by Gasteiger charge is -2.15. The standard InChI is InChI=1S/C8H16N4/c1-10(2)7-6-12(5)9-8(7)11(3)4/h6H,1-5H3. The predicted octanol–water partition coefficient (Wildman–Crippen LogP) is 0.552. The summed E-state index contributed by atoms with van der Waals surface area (Å²) in [6, 6.07) is 0. The Morgan fingerprint density at radius 2 is 1.75 bits per heavy atom. The highest BCUT2D eigenvalue weighted by atomic mass is 15.3. The van der Waals surface area contributed by atoms with Gasteiger partial charge in [-0.05, 0) is 0 Å². The average Bonchev–Trinajstić information content (AvgIpc) is 2.31. The number of aromatic nitrogens is 2. The van der Waals surface area contributed by atoms with E-state index >= 15 is 0 Å². The molecule has 0 N–H and O–H groups in total. The van der Waals surface area contributed by atoms with Gasteiger partial charge in [0, 0.05) is 35.2 Å². The molecule has 4 nitrogen and oxygen atoms in total. The van der Waals surface area contributed by atoms with E-state index in [1.807, 2.05) is 51.0 Å². The van der Waals surface area contributed by atoms with E-state index in [0.29, 0.717) is 0 Å². The van der Waals surface area contributed by atoms with Crippen LogP contribution in [-0.4, -0.2) is 38.0 Å². The van der Waals surface area contributed by atoms with E-state index in [1.165, 1.54) is 0 Å². The molecular formula is C8H16N4. The summed E-state index contributed by atoms with van der Waals surface area (Å²) in [4.78, 5) is 4.07. The Bertz CT molecular complexity index is 237. The van der Waals surface area contributed by atoms with Gasteiger partial charge in [-0.1, -0.05) is 0 Å². The maximum atomic E-state index is 4.33. The van der Waals surface area contributed by atoms with Crippen molar-refractivity contribution < 1.29 is 0 Å². The maximum Gasteiger partial charge on any atom is 0.173 e. The van der Waals surface area contributed by atoms with Gasteiger partial charge in [0.25, 0.3) is 0 Å². The molecule has 1 aromatic heterocycles. The lowest BCUT2D eigenvalue weighted by Crippen LogP contribution is -2.15. The minimum atomic E-state index is 1.00. The van der Waals surface area contributed by atoms with Crippen molar-refractivity contribution in [3.63, 3.8) is 0 Å². The zero-order chi connectivity index (χ0) is 9.30. The molecule has 68 valence electrons. The van der Waals surface area contributed by atoms with Gasteiger partial charge in [0.1, 0.15) is 0 Å². The first-order valence-corrected chi connectivity index (χ1v) is 3.90. The molecule has 1 aromatic rings. The fourth-order valence-corrected chi connectivity index (χ4v) is 1.10. The molecule has 0 aliphatic heterocycles. The van der Waals surface area contributed by atoms with Crippen LogP contribution in [0, 0.1) is 0 Å². The Kier molecular flexibility index (Phi) is 2.26. The van der Waals surface area contributed by atoms with Gasteiger partial charge in [-0.3, -0.25) is 4.68 Å². The highest BCUT2D eigenvalue weighted by Crippen LogP contribution is 2.23. The molecule has 0 saturated heterocycles. The summed E-state index contributed by atoms with van der Waals surface area (Å²) in [7, 11) is 9.96. The van der Waals surface area contributed by atoms with Crippen molar-refractivity contribution in [2.45, 2.75) is 0 Å². The van der Waals surface area contributed by atoms with Gasteiger partial charge >= 0.3 is 0 Å². The molecule has 0 radical (unpaired) electrons. The van der Waals surface area contributed by atoms with Crippen LogP contribution < -0.4 is 9.80 Å². The van der Waals surface area contributed by atoms with E-state index in [4.69, 9.17) is 0 Å². The summed E-state index contributed by atoms with van der Waals surface area (Å²) in [5.41, 5.74) is 1.14. The van der Waals surface area contributed by atoms with Crippen molar-refractivity contribution in [2.75, 3.05) is 38.0 Å². The molecule has 0 bridgehead atoms. The van der Waals surface area contributed by atoms with E-state index in [1.54, 1.807) is 0 Å². The molecule has 0 aliphatic rings. The molecular weight excluding hydrogens is 152 g/mol. The van der Waals surface area contributed by atoms with Crippen LogP contribution >= 0.6 is 0 Å². The molecule has 0 atom stereocenters. The zero-order valence-corrected chi connectivity index (χ0v) is 8.37. The summed E-state index contributed by atoms with van der Waals surface area (Å²) in [5, 5.41) is 4.33. The van der Waals surface area contributed by atoms with Gasteiger partial charge in [0.15, 0.2) is 5.82 Å². The SMILES string of the molecule is CN(C)c1cn(C)nc1N(C)C. The Hall–Kier alpha value is -1.19. The van der Waals surface area contributed by atoms with E-state index < -0.39 is 0 Å². The van der Waals surface area contributed by atoms with Gasteiger partial charge in [0.05, 0.1) is 11.9 Å². The minimum Gasteiger partial charge on any atom is -0.373 e. The molecule has 1 rings (SSSR count). The summed E-state index contributed by atoms with van der Waals surface area (Å²) in [6.07, 6.45) is 2.01. The number of anilines is 2. The topological polar surface area (TPSA) is 24.3 Å². The quantitative estimate of drug-likeness (QED) is 0.644. The molecule has 0 spiro atoms. The molecule has 12 heavy (non-hydrogen) atoms. The first-order valence-electron chi connectivity index (χ1n) is 3.90. The van der Waals surface area contributed by atoms with E-state index in [2.05, 4.69) is 10.00 Å². The van der Waals surface area contributed by atoms with E-state index in [9.17, 15) is 0 Å². The van der Waals surface area contributed by atoms with Crippen molar-refractivity contribution in [2.24, 2.45) is 7.05 Å². The first kappa shape index (κ1) is 8.90. The Morgan fingerprint density at radius 3 is 2.08 bits per heavy atom. The van der Waals surface area contributed by atoms with Crippen LogP contribution in [0.1, 0.15) is 0 Å². The van der Waals surface area contributed by atoms with Crippen molar-refractivity contribution in [1.29, 1.82) is 0 Å². The van der Waals surface area contributed by atoms with E-state index in [-0.39, 0.29) is 0 Å². The molecule has 0 saturated carbocycles. The Balaban J connectivity index is 3.08. The van der Waals surface area contributed by atoms with Gasteiger partial charge in [-0.15, -0.1) is 0 Å². The maximum absolute atomic E-state index is 4.33. The fourth-order valence-electron chi connectivity index (χ4n) is 1.10. The molecule has 0 aliphatic carbocycles. The number of hydrogen-bond acceptors (Lipinski definition) is 3. The Morgan fingerprint density at radius 1 is 1.17 bits per heavy atom. The lowest BCUT2D eigenvalue weighted by atomic mass is 10.4. The first-order chi connectivity index (χ1) is 5.52. The van der Waals surface area contributed by atoms with Crippen LogP contribution in [-0.2, 0) is 7.05 Å². The molecule has 0 fully saturated rings. The van der Waals surface area contributed by atoms with Crippen LogP contribution in [0.25, 0.3) is 0 Å². The predicted molar refractivity (Wildman–Crippen MR) is 51.9 cm³/mol. The lowest BCUT2D eigenvalue weighted by molar-refractivity contribution is 0.762. The van der Waals surface area contributed by atoms with Crippen molar-refractivity contribution in [3.8, 4) is 0 Å². The zero-order valence-electron chi connectivity index (χ0n) is 8.37. The number of nitrogens with zero attached hydrogens (tertiary/aromatic N) is 4. The van der Waals surface area contributed by atoms with Crippen LogP contribution in [0.3, 0.4) is 0 Å². The monoisotopic (exact) mass is 168 g/mol. The van der Waals surface area contributed by atoms with E-state index in [0.717, 1.165) is 11.5 Å². The molecule has 1 heterocycles. The smallest absolute Gasteiger partial charge is 0.173 e. The van der Waals surface area contributed by atoms with Gasteiger partial charge < -0.3 is 9.80 Å². The van der Waals surface area contributed by atoms with Gasteiger partial charge in [-0.25, -0.2) is 0 Å². The van der Waals surface area contributed by atoms with Crippen LogP contribution in [0.5, 0.6) is 0 Å². The largest absolute Gasteiger partial charge is 0.373 e. The average molecular weight is 168 g/mol. The van der Waals surface area contributed by atoms with Crippen LogP contribution in [0.15, 0.2) is 6.20 Å². The van der Waals surface area contributed by atoms with Crippen molar-refractivity contribution in [1.82, 2.24) is 9.78 Å².